The van der Waals surface area contributed by atoms with Gasteiger partial charge in [0.1, 0.15) is 0 Å². The molecule has 0 saturated heterocycles. The largest absolute Gasteiger partial charge is 0.493 e. The van der Waals surface area contributed by atoms with Crippen molar-refractivity contribution in [3.05, 3.63) is 50.4 Å². The highest BCUT2D eigenvalue weighted by molar-refractivity contribution is 9.10. The molecule has 0 fully saturated rings. The molecule has 6 heteroatoms. The summed E-state index contributed by atoms with van der Waals surface area (Å²) in [5.41, 5.74) is 1.72. The Morgan fingerprint density at radius 3 is 2.33 bits per heavy atom. The zero-order valence-electron chi connectivity index (χ0n) is 11.5. The molecule has 1 N–H and O–H groups in total. The van der Waals surface area contributed by atoms with Gasteiger partial charge >= 0.3 is 0 Å². The number of nitrogens with one attached hydrogen (secondary N) is 1. The van der Waals surface area contributed by atoms with Gasteiger partial charge in [0.2, 0.25) is 0 Å². The van der Waals surface area contributed by atoms with Crippen LogP contribution in [0.1, 0.15) is 5.56 Å². The highest BCUT2D eigenvalue weighted by atomic mass is 79.9. The third-order valence-electron chi connectivity index (χ3n) is 2.95. The highest BCUT2D eigenvalue weighted by Gasteiger charge is 2.10. The fourth-order valence-electron chi connectivity index (χ4n) is 1.86. The molecular weight excluding hydrogens is 377 g/mol. The monoisotopic (exact) mass is 389 g/mol. The van der Waals surface area contributed by atoms with Crippen molar-refractivity contribution in [3.63, 3.8) is 0 Å². The summed E-state index contributed by atoms with van der Waals surface area (Å²) in [7, 11) is 3.16. The smallest absolute Gasteiger partial charge is 0.162 e. The van der Waals surface area contributed by atoms with Gasteiger partial charge in [-0.3, -0.25) is 0 Å². The quantitative estimate of drug-likeness (QED) is 0.742. The maximum Gasteiger partial charge on any atom is 0.162 e. The average Bonchev–Trinajstić information content (AvgIpc) is 2.48. The third-order valence-corrected chi connectivity index (χ3v) is 4.12. The predicted molar refractivity (Wildman–Crippen MR) is 91.0 cm³/mol. The van der Waals surface area contributed by atoms with Crippen molar-refractivity contribution >= 4 is 44.8 Å². The molecule has 0 amide bonds. The number of hydrogen-bond acceptors (Lipinski definition) is 3. The van der Waals surface area contributed by atoms with Gasteiger partial charge in [0, 0.05) is 28.2 Å². The Kier molecular flexibility index (Phi) is 5.62. The van der Waals surface area contributed by atoms with E-state index in [9.17, 15) is 0 Å². The molecule has 0 aromatic heterocycles. The first kappa shape index (κ1) is 16.3. The molecule has 0 spiro atoms. The van der Waals surface area contributed by atoms with Crippen LogP contribution in [0.5, 0.6) is 11.5 Å². The van der Waals surface area contributed by atoms with Crippen LogP contribution in [-0.4, -0.2) is 14.2 Å². The molecule has 0 bridgehead atoms. The standard InChI is InChI=1S/C15H14BrCl2NO2/c1-20-14-6-12(18)13(7-15(14)21-2)19-8-9-5-10(16)3-4-11(9)17/h3-7,19H,8H2,1-2H3. The number of rotatable bonds is 5. The normalized spacial score (nSPS) is 10.3. The zero-order chi connectivity index (χ0) is 15.4. The van der Waals surface area contributed by atoms with Gasteiger partial charge in [-0.1, -0.05) is 39.1 Å². The minimum absolute atomic E-state index is 0.549. The van der Waals surface area contributed by atoms with Gasteiger partial charge in [-0.05, 0) is 23.8 Å². The Bertz CT molecular complexity index is 650. The Morgan fingerprint density at radius 2 is 1.67 bits per heavy atom. The summed E-state index contributed by atoms with van der Waals surface area (Å²) >= 11 is 15.8. The lowest BCUT2D eigenvalue weighted by Crippen LogP contribution is -2.02. The molecule has 0 aliphatic heterocycles. The minimum Gasteiger partial charge on any atom is -0.493 e. The molecule has 0 heterocycles. The van der Waals surface area contributed by atoms with Crippen molar-refractivity contribution in [1.29, 1.82) is 0 Å². The van der Waals surface area contributed by atoms with Gasteiger partial charge in [-0.2, -0.15) is 0 Å². The molecular formula is C15H14BrCl2NO2. The molecule has 21 heavy (non-hydrogen) atoms. The Labute approximate surface area is 142 Å². The second kappa shape index (κ2) is 7.25. The van der Waals surface area contributed by atoms with E-state index in [0.717, 1.165) is 15.7 Å². The van der Waals surface area contributed by atoms with E-state index < -0.39 is 0 Å². The van der Waals surface area contributed by atoms with E-state index >= 15 is 0 Å². The summed E-state index contributed by atoms with van der Waals surface area (Å²) in [4.78, 5) is 0. The van der Waals surface area contributed by atoms with Crippen LogP contribution in [0.2, 0.25) is 10.0 Å². The molecule has 3 nitrogen and oxygen atoms in total. The van der Waals surface area contributed by atoms with E-state index in [1.807, 2.05) is 18.2 Å². The predicted octanol–water partition coefficient (Wildman–Crippen LogP) is 5.39. The van der Waals surface area contributed by atoms with Crippen molar-refractivity contribution in [2.24, 2.45) is 0 Å². The number of benzene rings is 2. The van der Waals surface area contributed by atoms with Crippen LogP contribution < -0.4 is 14.8 Å². The zero-order valence-corrected chi connectivity index (χ0v) is 14.6. The van der Waals surface area contributed by atoms with E-state index in [1.54, 1.807) is 26.4 Å². The lowest BCUT2D eigenvalue weighted by molar-refractivity contribution is 0.355. The van der Waals surface area contributed by atoms with Gasteiger partial charge in [-0.15, -0.1) is 0 Å². The van der Waals surface area contributed by atoms with Gasteiger partial charge in [-0.25, -0.2) is 0 Å². The lowest BCUT2D eigenvalue weighted by Gasteiger charge is -2.14. The van der Waals surface area contributed by atoms with Gasteiger partial charge < -0.3 is 14.8 Å². The van der Waals surface area contributed by atoms with E-state index in [2.05, 4.69) is 21.2 Å². The fraction of sp³-hybridized carbons (Fsp3) is 0.200. The molecule has 2 aromatic rings. The Morgan fingerprint density at radius 1 is 1.00 bits per heavy atom. The number of hydrogen-bond donors (Lipinski definition) is 1. The third kappa shape index (κ3) is 3.96. The molecule has 0 aliphatic carbocycles. The Hall–Kier alpha value is -1.10. The summed E-state index contributed by atoms with van der Waals surface area (Å²) in [6.45, 7) is 0.549. The molecule has 0 radical (unpaired) electrons. The molecule has 2 rings (SSSR count). The molecule has 0 unspecified atom stereocenters. The number of methoxy groups -OCH3 is 2. The fourth-order valence-corrected chi connectivity index (χ4v) is 2.67. The first-order chi connectivity index (χ1) is 10.0. The van der Waals surface area contributed by atoms with Crippen molar-refractivity contribution in [2.75, 3.05) is 19.5 Å². The number of anilines is 1. The second-order valence-electron chi connectivity index (χ2n) is 4.28. The van der Waals surface area contributed by atoms with Crippen molar-refractivity contribution in [3.8, 4) is 11.5 Å². The first-order valence-electron chi connectivity index (χ1n) is 6.14. The van der Waals surface area contributed by atoms with Crippen molar-refractivity contribution < 1.29 is 9.47 Å². The molecule has 0 atom stereocenters. The number of halogens is 3. The average molecular weight is 391 g/mol. The van der Waals surface area contributed by atoms with E-state index in [-0.39, 0.29) is 0 Å². The minimum atomic E-state index is 0.549. The second-order valence-corrected chi connectivity index (χ2v) is 6.01. The SMILES string of the molecule is COc1cc(Cl)c(NCc2cc(Br)ccc2Cl)cc1OC. The first-order valence-corrected chi connectivity index (χ1v) is 7.69. The van der Waals surface area contributed by atoms with E-state index in [1.165, 1.54) is 0 Å². The topological polar surface area (TPSA) is 30.5 Å². The van der Waals surface area contributed by atoms with E-state index in [4.69, 9.17) is 32.7 Å². The lowest BCUT2D eigenvalue weighted by atomic mass is 10.2. The Balaban J connectivity index is 2.21. The van der Waals surface area contributed by atoms with Crippen LogP contribution in [0.15, 0.2) is 34.8 Å². The van der Waals surface area contributed by atoms with Crippen LogP contribution >= 0.6 is 39.1 Å². The molecule has 0 saturated carbocycles. The highest BCUT2D eigenvalue weighted by Crippen LogP contribution is 2.36. The van der Waals surface area contributed by atoms with Crippen molar-refractivity contribution in [1.82, 2.24) is 0 Å². The summed E-state index contributed by atoms with van der Waals surface area (Å²) in [5, 5.41) is 4.50. The summed E-state index contributed by atoms with van der Waals surface area (Å²) in [5.74, 6) is 1.21. The van der Waals surface area contributed by atoms with E-state index in [0.29, 0.717) is 28.1 Å². The summed E-state index contributed by atoms with van der Waals surface area (Å²) in [6.07, 6.45) is 0. The van der Waals surface area contributed by atoms with Gasteiger partial charge in [0.25, 0.3) is 0 Å². The summed E-state index contributed by atoms with van der Waals surface area (Å²) in [6, 6.07) is 9.22. The summed E-state index contributed by atoms with van der Waals surface area (Å²) < 4.78 is 11.4. The molecule has 112 valence electrons. The van der Waals surface area contributed by atoms with Crippen LogP contribution in [-0.2, 0) is 6.54 Å². The molecule has 0 aliphatic rings. The van der Waals surface area contributed by atoms with Crippen LogP contribution in [0.25, 0.3) is 0 Å². The van der Waals surface area contributed by atoms with Crippen LogP contribution in [0, 0.1) is 0 Å². The van der Waals surface area contributed by atoms with Crippen LogP contribution in [0.4, 0.5) is 5.69 Å². The number of ether oxygens (including phenoxy) is 2. The van der Waals surface area contributed by atoms with Gasteiger partial charge in [0.15, 0.2) is 11.5 Å². The maximum atomic E-state index is 6.23. The molecule has 2 aromatic carbocycles. The maximum absolute atomic E-state index is 6.23. The van der Waals surface area contributed by atoms with Crippen molar-refractivity contribution in [2.45, 2.75) is 6.54 Å². The van der Waals surface area contributed by atoms with Crippen LogP contribution in [0.3, 0.4) is 0 Å². The van der Waals surface area contributed by atoms with Gasteiger partial charge in [0.05, 0.1) is 24.9 Å².